The molecular weight excluding hydrogens is 272 g/mol. The number of ketones is 1. The van der Waals surface area contributed by atoms with E-state index in [0.717, 1.165) is 17.9 Å². The van der Waals surface area contributed by atoms with Crippen LogP contribution in [0.5, 0.6) is 5.88 Å². The van der Waals surface area contributed by atoms with Crippen LogP contribution in [0.4, 0.5) is 0 Å². The third-order valence-electron chi connectivity index (χ3n) is 2.76. The second-order valence-electron chi connectivity index (χ2n) is 4.93. The van der Waals surface area contributed by atoms with Gasteiger partial charge in [-0.2, -0.15) is 11.8 Å². The van der Waals surface area contributed by atoms with E-state index >= 15 is 0 Å². The third kappa shape index (κ3) is 6.39. The predicted molar refractivity (Wildman–Crippen MR) is 84.5 cm³/mol. The number of carbonyl (C=O) groups is 1. The van der Waals surface area contributed by atoms with Crippen molar-refractivity contribution in [1.29, 1.82) is 0 Å². The highest BCUT2D eigenvalue weighted by molar-refractivity contribution is 7.99. The van der Waals surface area contributed by atoms with Crippen LogP contribution in [0.3, 0.4) is 0 Å². The van der Waals surface area contributed by atoms with Crippen LogP contribution in [0.25, 0.3) is 0 Å². The van der Waals surface area contributed by atoms with Crippen molar-refractivity contribution < 1.29 is 9.53 Å². The molecule has 0 N–H and O–H groups in total. The molecule has 1 heterocycles. The smallest absolute Gasteiger partial charge is 0.213 e. The molecule has 1 unspecified atom stereocenters. The average molecular weight is 296 g/mol. The van der Waals surface area contributed by atoms with Gasteiger partial charge in [0, 0.05) is 30.5 Å². The van der Waals surface area contributed by atoms with Crippen molar-refractivity contribution in [2.24, 2.45) is 0 Å². The molecule has 0 bridgehead atoms. The van der Waals surface area contributed by atoms with Gasteiger partial charge in [-0.15, -0.1) is 0 Å². The summed E-state index contributed by atoms with van der Waals surface area (Å²) in [4.78, 5) is 17.7. The van der Waals surface area contributed by atoms with E-state index in [1.165, 1.54) is 0 Å². The van der Waals surface area contributed by atoms with E-state index < -0.39 is 0 Å². The molecule has 0 amide bonds. The minimum absolute atomic E-state index is 0.195. The Morgan fingerprint density at radius 1 is 1.45 bits per heavy atom. The standard InChI is InChI=1S/C15H24N2O2S/c1-5-20-14(10-12(2)18)13-6-7-15(16-11-13)19-9-8-17(3)4/h6-7,11,14H,5,8-10H2,1-4H3. The highest BCUT2D eigenvalue weighted by atomic mass is 32.2. The number of thioether (sulfide) groups is 1. The van der Waals surface area contributed by atoms with Gasteiger partial charge in [0.25, 0.3) is 0 Å². The number of Topliss-reactive ketones (excluding diaryl/α,β-unsaturated/α-hetero) is 1. The molecule has 0 aliphatic heterocycles. The molecule has 1 aromatic rings. The van der Waals surface area contributed by atoms with E-state index in [9.17, 15) is 4.79 Å². The van der Waals surface area contributed by atoms with Crippen LogP contribution in [0, 0.1) is 0 Å². The van der Waals surface area contributed by atoms with Gasteiger partial charge in [0.2, 0.25) is 5.88 Å². The molecule has 0 aliphatic carbocycles. The summed E-state index contributed by atoms with van der Waals surface area (Å²) in [6.45, 7) is 5.22. The van der Waals surface area contributed by atoms with Crippen LogP contribution in [-0.4, -0.2) is 48.7 Å². The molecule has 5 heteroatoms. The second kappa shape index (κ2) is 8.97. The second-order valence-corrected chi connectivity index (χ2v) is 6.41. The number of hydrogen-bond acceptors (Lipinski definition) is 5. The fraction of sp³-hybridized carbons (Fsp3) is 0.600. The number of nitrogens with zero attached hydrogens (tertiary/aromatic N) is 2. The lowest BCUT2D eigenvalue weighted by molar-refractivity contribution is -0.117. The summed E-state index contributed by atoms with van der Waals surface area (Å²) in [5.74, 6) is 1.83. The number of pyridine rings is 1. The normalized spacial score (nSPS) is 12.4. The lowest BCUT2D eigenvalue weighted by atomic mass is 10.1. The largest absolute Gasteiger partial charge is 0.476 e. The lowest BCUT2D eigenvalue weighted by Crippen LogP contribution is -2.19. The molecule has 0 spiro atoms. The average Bonchev–Trinajstić information content (AvgIpc) is 2.38. The molecule has 0 radical (unpaired) electrons. The van der Waals surface area contributed by atoms with Gasteiger partial charge in [0.15, 0.2) is 0 Å². The van der Waals surface area contributed by atoms with Crippen molar-refractivity contribution >= 4 is 17.5 Å². The number of carbonyl (C=O) groups excluding carboxylic acids is 1. The number of ether oxygens (including phenoxy) is 1. The first-order valence-electron chi connectivity index (χ1n) is 6.87. The first-order chi connectivity index (χ1) is 9.52. The van der Waals surface area contributed by atoms with Gasteiger partial charge in [-0.1, -0.05) is 13.0 Å². The van der Waals surface area contributed by atoms with Gasteiger partial charge in [-0.3, -0.25) is 4.79 Å². The van der Waals surface area contributed by atoms with Gasteiger partial charge in [-0.25, -0.2) is 4.98 Å². The summed E-state index contributed by atoms with van der Waals surface area (Å²) in [6, 6.07) is 3.89. The fourth-order valence-electron chi connectivity index (χ4n) is 1.74. The Bertz CT molecular complexity index is 407. The summed E-state index contributed by atoms with van der Waals surface area (Å²) >= 11 is 1.78. The minimum Gasteiger partial charge on any atom is -0.476 e. The van der Waals surface area contributed by atoms with E-state index in [0.29, 0.717) is 18.9 Å². The molecule has 0 saturated carbocycles. The molecule has 0 saturated heterocycles. The van der Waals surface area contributed by atoms with Gasteiger partial charge in [0.1, 0.15) is 12.4 Å². The predicted octanol–water partition coefficient (Wildman–Crippen LogP) is 2.80. The first kappa shape index (κ1) is 17.0. The summed E-state index contributed by atoms with van der Waals surface area (Å²) in [7, 11) is 4.02. The van der Waals surface area contributed by atoms with Crippen molar-refractivity contribution in [2.45, 2.75) is 25.5 Å². The number of rotatable bonds is 9. The van der Waals surface area contributed by atoms with E-state index in [-0.39, 0.29) is 11.0 Å². The lowest BCUT2D eigenvalue weighted by Gasteiger charge is -2.15. The summed E-state index contributed by atoms with van der Waals surface area (Å²) < 4.78 is 5.57. The van der Waals surface area contributed by atoms with Crippen molar-refractivity contribution in [3.05, 3.63) is 23.9 Å². The summed E-state index contributed by atoms with van der Waals surface area (Å²) in [5.41, 5.74) is 1.09. The van der Waals surface area contributed by atoms with Gasteiger partial charge >= 0.3 is 0 Å². The van der Waals surface area contributed by atoms with Crippen LogP contribution in [0.2, 0.25) is 0 Å². The van der Waals surface area contributed by atoms with Crippen molar-refractivity contribution in [3.8, 4) is 5.88 Å². The zero-order valence-electron chi connectivity index (χ0n) is 12.8. The molecule has 20 heavy (non-hydrogen) atoms. The van der Waals surface area contributed by atoms with Crippen molar-refractivity contribution in [3.63, 3.8) is 0 Å². The Morgan fingerprint density at radius 2 is 2.20 bits per heavy atom. The molecular formula is C15H24N2O2S. The molecule has 1 atom stereocenters. The summed E-state index contributed by atoms with van der Waals surface area (Å²) in [6.07, 6.45) is 2.38. The number of likely N-dealkylation sites (N-methyl/N-ethyl adjacent to an activating group) is 1. The van der Waals surface area contributed by atoms with Crippen molar-refractivity contribution in [1.82, 2.24) is 9.88 Å². The Kier molecular flexibility index (Phi) is 7.62. The van der Waals surface area contributed by atoms with E-state index in [1.807, 2.05) is 32.4 Å². The quantitative estimate of drug-likeness (QED) is 0.701. The monoisotopic (exact) mass is 296 g/mol. The molecule has 0 aromatic carbocycles. The Morgan fingerprint density at radius 3 is 2.70 bits per heavy atom. The zero-order valence-corrected chi connectivity index (χ0v) is 13.6. The molecule has 1 aromatic heterocycles. The summed E-state index contributed by atoms with van der Waals surface area (Å²) in [5, 5.41) is 0.195. The maximum Gasteiger partial charge on any atom is 0.213 e. The van der Waals surface area contributed by atoms with Crippen LogP contribution < -0.4 is 4.74 Å². The van der Waals surface area contributed by atoms with Crippen LogP contribution >= 0.6 is 11.8 Å². The minimum atomic E-state index is 0.195. The zero-order chi connectivity index (χ0) is 15.0. The molecule has 0 aliphatic rings. The highest BCUT2D eigenvalue weighted by Crippen LogP contribution is 2.32. The first-order valence-corrected chi connectivity index (χ1v) is 7.92. The van der Waals surface area contributed by atoms with Crippen LogP contribution in [0.15, 0.2) is 18.3 Å². The molecule has 1 rings (SSSR count). The van der Waals surface area contributed by atoms with Gasteiger partial charge < -0.3 is 9.64 Å². The molecule has 4 nitrogen and oxygen atoms in total. The van der Waals surface area contributed by atoms with Crippen LogP contribution in [-0.2, 0) is 4.79 Å². The van der Waals surface area contributed by atoms with Crippen molar-refractivity contribution in [2.75, 3.05) is 33.0 Å². The Hall–Kier alpha value is -1.07. The van der Waals surface area contributed by atoms with E-state index in [2.05, 4.69) is 16.8 Å². The number of hydrogen-bond donors (Lipinski definition) is 0. The SMILES string of the molecule is CCSC(CC(C)=O)c1ccc(OCCN(C)C)nc1. The molecule has 0 fully saturated rings. The Labute approximate surface area is 125 Å². The maximum atomic E-state index is 11.3. The number of aromatic nitrogens is 1. The van der Waals surface area contributed by atoms with Gasteiger partial charge in [-0.05, 0) is 32.3 Å². The Balaban J connectivity index is 2.60. The fourth-order valence-corrected chi connectivity index (χ4v) is 2.82. The topological polar surface area (TPSA) is 42.4 Å². The van der Waals surface area contributed by atoms with Gasteiger partial charge in [0.05, 0.1) is 0 Å². The maximum absolute atomic E-state index is 11.3. The molecule has 112 valence electrons. The van der Waals surface area contributed by atoms with E-state index in [1.54, 1.807) is 18.7 Å². The highest BCUT2D eigenvalue weighted by Gasteiger charge is 2.14. The third-order valence-corrected chi connectivity index (χ3v) is 3.93. The van der Waals surface area contributed by atoms with Crippen LogP contribution in [0.1, 0.15) is 31.1 Å². The van der Waals surface area contributed by atoms with E-state index in [4.69, 9.17) is 4.74 Å².